The fourth-order valence-corrected chi connectivity index (χ4v) is 4.75. The highest BCUT2D eigenvalue weighted by atomic mass is 19.1. The lowest BCUT2D eigenvalue weighted by atomic mass is 9.63. The summed E-state index contributed by atoms with van der Waals surface area (Å²) < 4.78 is 19.4. The van der Waals surface area contributed by atoms with Gasteiger partial charge in [-0.25, -0.2) is 4.39 Å². The van der Waals surface area contributed by atoms with Crippen molar-refractivity contribution in [1.82, 2.24) is 10.2 Å². The second-order valence-corrected chi connectivity index (χ2v) is 8.16. The van der Waals surface area contributed by atoms with Gasteiger partial charge < -0.3 is 10.1 Å². The molecule has 29 heavy (non-hydrogen) atoms. The third-order valence-corrected chi connectivity index (χ3v) is 6.55. The van der Waals surface area contributed by atoms with Gasteiger partial charge in [0.1, 0.15) is 11.6 Å². The van der Waals surface area contributed by atoms with E-state index in [1.165, 1.54) is 25.0 Å². The van der Waals surface area contributed by atoms with E-state index >= 15 is 0 Å². The predicted molar refractivity (Wildman–Crippen MR) is 111 cm³/mol. The summed E-state index contributed by atoms with van der Waals surface area (Å²) in [5, 5.41) is 3.21. The number of para-hydroxylation sites is 1. The Morgan fingerprint density at radius 1 is 1.14 bits per heavy atom. The van der Waals surface area contributed by atoms with Crippen molar-refractivity contribution in [2.75, 3.05) is 26.7 Å². The molecule has 2 aromatic carbocycles. The van der Waals surface area contributed by atoms with Gasteiger partial charge in [-0.2, -0.15) is 0 Å². The zero-order valence-corrected chi connectivity index (χ0v) is 17.0. The van der Waals surface area contributed by atoms with Crippen LogP contribution >= 0.6 is 0 Å². The minimum atomic E-state index is -0.599. The Kier molecular flexibility index (Phi) is 5.86. The number of carbonyl (C=O) groups is 1. The average molecular weight is 397 g/mol. The van der Waals surface area contributed by atoms with Crippen LogP contribution in [-0.4, -0.2) is 37.6 Å². The number of likely N-dealkylation sites (tertiary alicyclic amines) is 1. The Labute approximate surface area is 172 Å². The SMILES string of the molecule is COc1ccccc1C(CNC(=O)C1(c2cccc(F)c2)CCC1)N1CCCC1. The molecule has 4 rings (SSSR count). The number of hydrogen-bond acceptors (Lipinski definition) is 3. The molecular formula is C24H29FN2O2. The summed E-state index contributed by atoms with van der Waals surface area (Å²) >= 11 is 0. The second kappa shape index (κ2) is 8.54. The molecule has 0 spiro atoms. The first kappa shape index (κ1) is 19.9. The summed E-state index contributed by atoms with van der Waals surface area (Å²) in [6, 6.07) is 14.6. The highest BCUT2D eigenvalue weighted by Gasteiger charge is 2.46. The molecule has 0 radical (unpaired) electrons. The van der Waals surface area contributed by atoms with Gasteiger partial charge in [-0.1, -0.05) is 36.8 Å². The highest BCUT2D eigenvalue weighted by Crippen LogP contribution is 2.44. The van der Waals surface area contributed by atoms with Crippen LogP contribution in [0.15, 0.2) is 48.5 Å². The molecule has 0 aromatic heterocycles. The van der Waals surface area contributed by atoms with Crippen LogP contribution in [-0.2, 0) is 10.2 Å². The molecule has 1 heterocycles. The van der Waals surface area contributed by atoms with E-state index in [0.717, 1.165) is 49.2 Å². The normalized spacial score (nSPS) is 19.4. The predicted octanol–water partition coefficient (Wildman–Crippen LogP) is 4.21. The number of hydrogen-bond donors (Lipinski definition) is 1. The van der Waals surface area contributed by atoms with Crippen LogP contribution in [0, 0.1) is 5.82 Å². The van der Waals surface area contributed by atoms with Crippen molar-refractivity contribution in [1.29, 1.82) is 0 Å². The topological polar surface area (TPSA) is 41.6 Å². The van der Waals surface area contributed by atoms with Crippen molar-refractivity contribution in [3.63, 3.8) is 0 Å². The maximum atomic E-state index is 13.8. The van der Waals surface area contributed by atoms with Gasteiger partial charge in [0.05, 0.1) is 18.6 Å². The number of carbonyl (C=O) groups excluding carboxylic acids is 1. The van der Waals surface area contributed by atoms with Crippen LogP contribution in [0.4, 0.5) is 4.39 Å². The average Bonchev–Trinajstić information content (AvgIpc) is 3.22. The van der Waals surface area contributed by atoms with Crippen LogP contribution in [0.1, 0.15) is 49.3 Å². The Bertz CT molecular complexity index is 859. The zero-order chi connectivity index (χ0) is 20.3. The van der Waals surface area contributed by atoms with E-state index in [0.29, 0.717) is 6.54 Å². The van der Waals surface area contributed by atoms with Gasteiger partial charge in [0.25, 0.3) is 0 Å². The maximum absolute atomic E-state index is 13.8. The van der Waals surface area contributed by atoms with Gasteiger partial charge in [0.2, 0.25) is 5.91 Å². The summed E-state index contributed by atoms with van der Waals surface area (Å²) in [7, 11) is 1.69. The van der Waals surface area contributed by atoms with E-state index in [4.69, 9.17) is 4.74 Å². The van der Waals surface area contributed by atoms with E-state index in [2.05, 4.69) is 16.3 Å². The summed E-state index contributed by atoms with van der Waals surface area (Å²) in [4.78, 5) is 15.7. The number of rotatable bonds is 7. The lowest BCUT2D eigenvalue weighted by Crippen LogP contribution is -2.51. The molecule has 1 saturated heterocycles. The van der Waals surface area contributed by atoms with Gasteiger partial charge >= 0.3 is 0 Å². The molecule has 154 valence electrons. The molecule has 2 fully saturated rings. The number of nitrogens with one attached hydrogen (secondary N) is 1. The van der Waals surface area contributed by atoms with Gasteiger partial charge in [-0.3, -0.25) is 9.69 Å². The summed E-state index contributed by atoms with van der Waals surface area (Å²) in [5.74, 6) is 0.570. The molecule has 1 saturated carbocycles. The molecule has 1 atom stereocenters. The van der Waals surface area contributed by atoms with E-state index < -0.39 is 5.41 Å². The summed E-state index contributed by atoms with van der Waals surface area (Å²) in [5.41, 5.74) is 1.29. The smallest absolute Gasteiger partial charge is 0.230 e. The molecule has 5 heteroatoms. The monoisotopic (exact) mass is 396 g/mol. The number of ether oxygens (including phenoxy) is 1. The van der Waals surface area contributed by atoms with E-state index in [9.17, 15) is 9.18 Å². The molecule has 2 aromatic rings. The Hall–Kier alpha value is -2.40. The molecule has 1 unspecified atom stereocenters. The van der Waals surface area contributed by atoms with Gasteiger partial charge in [0.15, 0.2) is 0 Å². The van der Waals surface area contributed by atoms with Gasteiger partial charge in [-0.15, -0.1) is 0 Å². The van der Waals surface area contributed by atoms with E-state index in [1.807, 2.05) is 24.3 Å². The minimum Gasteiger partial charge on any atom is -0.496 e. The number of methoxy groups -OCH3 is 1. The third-order valence-electron chi connectivity index (χ3n) is 6.55. The first-order chi connectivity index (χ1) is 14.1. The lowest BCUT2D eigenvalue weighted by Gasteiger charge is -2.41. The van der Waals surface area contributed by atoms with E-state index in [1.54, 1.807) is 13.2 Å². The number of amides is 1. The molecule has 4 nitrogen and oxygen atoms in total. The number of halogens is 1. The molecule has 1 aliphatic carbocycles. The van der Waals surface area contributed by atoms with Crippen LogP contribution in [0.5, 0.6) is 5.75 Å². The zero-order valence-electron chi connectivity index (χ0n) is 17.0. The summed E-state index contributed by atoms with van der Waals surface area (Å²) in [6.07, 6.45) is 4.88. The third kappa shape index (κ3) is 3.88. The van der Waals surface area contributed by atoms with Gasteiger partial charge in [0, 0.05) is 12.1 Å². The fourth-order valence-electron chi connectivity index (χ4n) is 4.75. The van der Waals surface area contributed by atoms with Crippen molar-refractivity contribution in [3.8, 4) is 5.75 Å². The molecule has 1 N–H and O–H groups in total. The lowest BCUT2D eigenvalue weighted by molar-refractivity contribution is -0.130. The van der Waals surface area contributed by atoms with Crippen molar-refractivity contribution in [2.45, 2.75) is 43.6 Å². The highest BCUT2D eigenvalue weighted by molar-refractivity contribution is 5.89. The fraction of sp³-hybridized carbons (Fsp3) is 0.458. The molecule has 1 aliphatic heterocycles. The largest absolute Gasteiger partial charge is 0.496 e. The number of benzene rings is 2. The van der Waals surface area contributed by atoms with Crippen LogP contribution < -0.4 is 10.1 Å². The number of nitrogens with zero attached hydrogens (tertiary/aromatic N) is 1. The molecule has 1 amide bonds. The van der Waals surface area contributed by atoms with Crippen LogP contribution in [0.3, 0.4) is 0 Å². The van der Waals surface area contributed by atoms with Crippen molar-refractivity contribution in [3.05, 3.63) is 65.5 Å². The molecule has 2 aliphatic rings. The van der Waals surface area contributed by atoms with E-state index in [-0.39, 0.29) is 17.8 Å². The maximum Gasteiger partial charge on any atom is 0.230 e. The Morgan fingerprint density at radius 3 is 2.55 bits per heavy atom. The Balaban J connectivity index is 1.54. The second-order valence-electron chi connectivity index (χ2n) is 8.16. The summed E-state index contributed by atoms with van der Waals surface area (Å²) in [6.45, 7) is 2.57. The quantitative estimate of drug-likeness (QED) is 0.762. The Morgan fingerprint density at radius 2 is 1.90 bits per heavy atom. The molecule has 0 bridgehead atoms. The van der Waals surface area contributed by atoms with Crippen LogP contribution in [0.25, 0.3) is 0 Å². The standard InChI is InChI=1S/C24H29FN2O2/c1-29-22-11-3-2-10-20(22)21(27-14-4-5-15-27)17-26-23(28)24(12-7-13-24)18-8-6-9-19(25)16-18/h2-3,6,8-11,16,21H,4-5,7,12-15,17H2,1H3,(H,26,28). The van der Waals surface area contributed by atoms with Gasteiger partial charge in [-0.05, 0) is 62.5 Å². The minimum absolute atomic E-state index is 0.00782. The van der Waals surface area contributed by atoms with Crippen molar-refractivity contribution < 1.29 is 13.9 Å². The first-order valence-electron chi connectivity index (χ1n) is 10.6. The molecular weight excluding hydrogens is 367 g/mol. The van der Waals surface area contributed by atoms with Crippen molar-refractivity contribution in [2.24, 2.45) is 0 Å². The van der Waals surface area contributed by atoms with Crippen LogP contribution in [0.2, 0.25) is 0 Å². The van der Waals surface area contributed by atoms with Crippen molar-refractivity contribution >= 4 is 5.91 Å². The first-order valence-corrected chi connectivity index (χ1v) is 10.6.